The van der Waals surface area contributed by atoms with Gasteiger partial charge in [-0.2, -0.15) is 0 Å². The van der Waals surface area contributed by atoms with Gasteiger partial charge < -0.3 is 19.0 Å². The number of hydrogen-bond donors (Lipinski definition) is 0. The molecule has 164 valence electrons. The van der Waals surface area contributed by atoms with Crippen LogP contribution in [0.3, 0.4) is 0 Å². The molecule has 3 rings (SSSR count). The zero-order chi connectivity index (χ0) is 22.1. The van der Waals surface area contributed by atoms with Gasteiger partial charge in [0, 0.05) is 37.9 Å². The second-order valence-electron chi connectivity index (χ2n) is 10.1. The third-order valence-electron chi connectivity index (χ3n) is 5.66. The number of carbonyl (C=O) groups is 1. The first-order valence-corrected chi connectivity index (χ1v) is 10.9. The average molecular weight is 413 g/mol. The normalized spacial score (nSPS) is 15.4. The van der Waals surface area contributed by atoms with E-state index in [1.807, 2.05) is 11.8 Å². The molecule has 0 spiro atoms. The summed E-state index contributed by atoms with van der Waals surface area (Å²) in [4.78, 5) is 17.0. The summed E-state index contributed by atoms with van der Waals surface area (Å²) < 4.78 is 10.9. The lowest BCUT2D eigenvalue weighted by molar-refractivity contribution is 0.0706. The van der Waals surface area contributed by atoms with Gasteiger partial charge in [-0.05, 0) is 47.1 Å². The average Bonchev–Trinajstić information content (AvgIpc) is 3.15. The van der Waals surface area contributed by atoms with Gasteiger partial charge in [0.05, 0.1) is 6.61 Å². The van der Waals surface area contributed by atoms with Gasteiger partial charge in [-0.15, -0.1) is 0 Å². The van der Waals surface area contributed by atoms with Crippen molar-refractivity contribution in [3.63, 3.8) is 0 Å². The van der Waals surface area contributed by atoms with Gasteiger partial charge in [-0.1, -0.05) is 47.6 Å². The third kappa shape index (κ3) is 5.00. The van der Waals surface area contributed by atoms with Gasteiger partial charge in [0.25, 0.3) is 11.9 Å². The van der Waals surface area contributed by atoms with Crippen molar-refractivity contribution < 1.29 is 13.9 Å². The highest BCUT2D eigenvalue weighted by Crippen LogP contribution is 2.33. The summed E-state index contributed by atoms with van der Waals surface area (Å²) in [7, 11) is 0. The van der Waals surface area contributed by atoms with E-state index in [0.717, 1.165) is 13.1 Å². The lowest BCUT2D eigenvalue weighted by atomic mass is 9.80. The second kappa shape index (κ2) is 8.37. The highest BCUT2D eigenvalue weighted by Gasteiger charge is 2.27. The fourth-order valence-corrected chi connectivity index (χ4v) is 3.64. The van der Waals surface area contributed by atoms with Crippen LogP contribution in [0.2, 0.25) is 0 Å². The molecule has 1 saturated heterocycles. The first-order valence-electron chi connectivity index (χ1n) is 10.9. The summed E-state index contributed by atoms with van der Waals surface area (Å²) in [6, 6.07) is 10.4. The van der Waals surface area contributed by atoms with E-state index in [0.29, 0.717) is 31.4 Å². The van der Waals surface area contributed by atoms with E-state index in [2.05, 4.69) is 64.6 Å². The van der Waals surface area contributed by atoms with E-state index in [-0.39, 0.29) is 16.7 Å². The molecule has 5 heteroatoms. The first-order chi connectivity index (χ1) is 14.0. The molecular weight excluding hydrogens is 376 g/mol. The van der Waals surface area contributed by atoms with E-state index >= 15 is 0 Å². The number of hydrogen-bond acceptors (Lipinski definition) is 4. The molecule has 1 aromatic heterocycles. The van der Waals surface area contributed by atoms with Gasteiger partial charge in [0.15, 0.2) is 5.76 Å². The number of rotatable bonds is 4. The maximum atomic E-state index is 12.8. The topological polar surface area (TPSA) is 45.9 Å². The molecule has 1 aliphatic rings. The fraction of sp³-hybridized carbons (Fsp3) is 0.560. The van der Waals surface area contributed by atoms with E-state index in [4.69, 9.17) is 9.15 Å². The summed E-state index contributed by atoms with van der Waals surface area (Å²) in [5.74, 6) is 0.671. The van der Waals surface area contributed by atoms with Crippen LogP contribution in [-0.2, 0) is 10.8 Å². The number of nitrogens with zero attached hydrogens (tertiary/aromatic N) is 2. The Morgan fingerprint density at radius 1 is 0.933 bits per heavy atom. The minimum absolute atomic E-state index is 0.0700. The Morgan fingerprint density at radius 3 is 2.00 bits per heavy atom. The summed E-state index contributed by atoms with van der Waals surface area (Å²) in [6.07, 6.45) is 0. The van der Waals surface area contributed by atoms with Crippen LogP contribution in [0.15, 0.2) is 34.7 Å². The van der Waals surface area contributed by atoms with Crippen molar-refractivity contribution in [1.82, 2.24) is 4.90 Å². The fourth-order valence-electron chi connectivity index (χ4n) is 3.64. The highest BCUT2D eigenvalue weighted by atomic mass is 16.6. The predicted octanol–water partition coefficient (Wildman–Crippen LogP) is 5.24. The number of anilines is 1. The van der Waals surface area contributed by atoms with E-state index in [1.165, 1.54) is 16.8 Å². The third-order valence-corrected chi connectivity index (χ3v) is 5.66. The quantitative estimate of drug-likeness (QED) is 0.689. The predicted molar refractivity (Wildman–Crippen MR) is 122 cm³/mol. The van der Waals surface area contributed by atoms with Gasteiger partial charge in [0.2, 0.25) is 0 Å². The smallest absolute Gasteiger partial charge is 0.289 e. The van der Waals surface area contributed by atoms with Crippen molar-refractivity contribution in [2.75, 3.05) is 37.7 Å². The van der Waals surface area contributed by atoms with Gasteiger partial charge in [-0.25, -0.2) is 0 Å². The maximum Gasteiger partial charge on any atom is 0.289 e. The van der Waals surface area contributed by atoms with Crippen LogP contribution in [0.25, 0.3) is 0 Å². The molecule has 0 N–H and O–H groups in total. The van der Waals surface area contributed by atoms with Gasteiger partial charge in [0.1, 0.15) is 0 Å². The maximum absolute atomic E-state index is 12.8. The second-order valence-corrected chi connectivity index (χ2v) is 10.1. The number of amides is 1. The largest absolute Gasteiger partial charge is 0.465 e. The van der Waals surface area contributed by atoms with Crippen molar-refractivity contribution in [2.24, 2.45) is 0 Å². The van der Waals surface area contributed by atoms with E-state index in [1.54, 1.807) is 12.1 Å². The van der Waals surface area contributed by atoms with Crippen molar-refractivity contribution in [3.05, 3.63) is 47.2 Å². The van der Waals surface area contributed by atoms with E-state index in [9.17, 15) is 4.79 Å². The Kier molecular flexibility index (Phi) is 6.21. The number of ether oxygens (including phenoxy) is 1. The summed E-state index contributed by atoms with van der Waals surface area (Å²) >= 11 is 0. The Bertz CT molecular complexity index is 846. The standard InChI is InChI=1S/C25H36N2O3/c1-8-29-22-10-9-21(30-22)23(28)27-13-11-26(12-14-27)20-16-18(24(2,3)4)15-19(17-20)25(5,6)7/h9-10,15-17H,8,11-14H2,1-7H3. The highest BCUT2D eigenvalue weighted by molar-refractivity contribution is 5.91. The molecular formula is C25H36N2O3. The van der Waals surface area contributed by atoms with Crippen LogP contribution in [0.1, 0.15) is 70.1 Å². The Balaban J connectivity index is 1.74. The Labute approximate surface area is 181 Å². The monoisotopic (exact) mass is 412 g/mol. The van der Waals surface area contributed by atoms with Gasteiger partial charge >= 0.3 is 0 Å². The van der Waals surface area contributed by atoms with Crippen molar-refractivity contribution in [3.8, 4) is 5.95 Å². The van der Waals surface area contributed by atoms with Crippen LogP contribution < -0.4 is 9.64 Å². The molecule has 0 aliphatic carbocycles. The lowest BCUT2D eigenvalue weighted by Gasteiger charge is -2.37. The molecule has 0 unspecified atom stereocenters. The molecule has 1 fully saturated rings. The van der Waals surface area contributed by atoms with Gasteiger partial charge in [-0.3, -0.25) is 4.79 Å². The molecule has 1 amide bonds. The first kappa shape index (κ1) is 22.3. The summed E-state index contributed by atoms with van der Waals surface area (Å²) in [5.41, 5.74) is 4.12. The van der Waals surface area contributed by atoms with Crippen molar-refractivity contribution in [2.45, 2.75) is 59.3 Å². The van der Waals surface area contributed by atoms with Crippen molar-refractivity contribution >= 4 is 11.6 Å². The Hall–Kier alpha value is -2.43. The molecule has 1 aromatic carbocycles. The van der Waals surface area contributed by atoms with Crippen LogP contribution in [-0.4, -0.2) is 43.6 Å². The summed E-state index contributed by atoms with van der Waals surface area (Å²) in [6.45, 7) is 18.9. The molecule has 1 aliphatic heterocycles. The minimum Gasteiger partial charge on any atom is -0.465 e. The van der Waals surface area contributed by atoms with Crippen LogP contribution in [0.4, 0.5) is 5.69 Å². The molecule has 2 heterocycles. The summed E-state index contributed by atoms with van der Waals surface area (Å²) in [5, 5.41) is 0. The number of benzene rings is 1. The number of carbonyl (C=O) groups excluding carboxylic acids is 1. The Morgan fingerprint density at radius 2 is 1.50 bits per heavy atom. The zero-order valence-corrected chi connectivity index (χ0v) is 19.5. The molecule has 0 saturated carbocycles. The van der Waals surface area contributed by atoms with Crippen molar-refractivity contribution in [1.29, 1.82) is 0 Å². The SMILES string of the molecule is CCOc1ccc(C(=O)N2CCN(c3cc(C(C)(C)C)cc(C(C)(C)C)c3)CC2)o1. The molecule has 30 heavy (non-hydrogen) atoms. The molecule has 5 nitrogen and oxygen atoms in total. The molecule has 0 bridgehead atoms. The number of furan rings is 1. The minimum atomic E-state index is -0.0700. The number of piperazine rings is 1. The zero-order valence-electron chi connectivity index (χ0n) is 19.5. The molecule has 2 aromatic rings. The lowest BCUT2D eigenvalue weighted by Crippen LogP contribution is -2.48. The molecule has 0 radical (unpaired) electrons. The van der Waals surface area contributed by atoms with Crippen LogP contribution in [0.5, 0.6) is 5.95 Å². The van der Waals surface area contributed by atoms with Crippen LogP contribution in [0, 0.1) is 0 Å². The van der Waals surface area contributed by atoms with Crippen LogP contribution >= 0.6 is 0 Å². The molecule has 0 atom stereocenters. The van der Waals surface area contributed by atoms with E-state index < -0.39 is 0 Å².